The average molecular weight is 455 g/mol. The van der Waals surface area contributed by atoms with Crippen LogP contribution in [0.4, 0.5) is 0 Å². The maximum Gasteiger partial charge on any atom is 0.338 e. The van der Waals surface area contributed by atoms with E-state index in [-0.39, 0.29) is 5.97 Å². The molecule has 33 heavy (non-hydrogen) atoms. The van der Waals surface area contributed by atoms with Gasteiger partial charge in [0, 0.05) is 24.0 Å². The number of rotatable bonds is 14. The first-order valence-corrected chi connectivity index (χ1v) is 12.2. The molecule has 0 bridgehead atoms. The zero-order chi connectivity index (χ0) is 24.8. The normalized spacial score (nSPS) is 14.6. The average Bonchev–Trinajstić information content (AvgIpc) is 2.78. The highest BCUT2D eigenvalue weighted by Gasteiger charge is 2.18. The molecule has 0 amide bonds. The van der Waals surface area contributed by atoms with Crippen molar-refractivity contribution in [2.24, 2.45) is 0 Å². The highest BCUT2D eigenvalue weighted by Crippen LogP contribution is 2.33. The van der Waals surface area contributed by atoms with Gasteiger partial charge < -0.3 is 9.47 Å². The Morgan fingerprint density at radius 2 is 1.55 bits per heavy atom. The van der Waals surface area contributed by atoms with Gasteiger partial charge in [0.1, 0.15) is 11.5 Å². The van der Waals surface area contributed by atoms with E-state index in [2.05, 4.69) is 27.0 Å². The molecule has 0 aromatic carbocycles. The quantitative estimate of drug-likeness (QED) is 0.0872. The molecule has 0 radical (unpaired) electrons. The van der Waals surface area contributed by atoms with Gasteiger partial charge in [0.2, 0.25) is 0 Å². The van der Waals surface area contributed by atoms with E-state index in [4.69, 9.17) is 9.47 Å². The number of hydrogen-bond donors (Lipinski definition) is 0. The minimum absolute atomic E-state index is 0.370. The zero-order valence-electron chi connectivity index (χ0n) is 21.4. The first-order valence-electron chi connectivity index (χ1n) is 12.2. The summed E-state index contributed by atoms with van der Waals surface area (Å²) in [5.74, 6) is 0.552. The van der Waals surface area contributed by atoms with Crippen molar-refractivity contribution in [1.82, 2.24) is 0 Å². The summed E-state index contributed by atoms with van der Waals surface area (Å²) in [6.45, 7) is 16.9. The third-order valence-corrected chi connectivity index (χ3v) is 5.63. The molecule has 1 rings (SSSR count). The summed E-state index contributed by atoms with van der Waals surface area (Å²) in [5, 5.41) is 0. The highest BCUT2D eigenvalue weighted by molar-refractivity contribution is 5.88. The Balaban J connectivity index is 3.07. The topological polar surface area (TPSA) is 52.6 Å². The van der Waals surface area contributed by atoms with Gasteiger partial charge in [-0.25, -0.2) is 9.59 Å². The van der Waals surface area contributed by atoms with Crippen molar-refractivity contribution in [3.05, 3.63) is 70.8 Å². The molecule has 0 fully saturated rings. The molecule has 0 aromatic heterocycles. The number of ether oxygens (including phenoxy) is 2. The second kappa shape index (κ2) is 15.3. The predicted octanol–water partition coefficient (Wildman–Crippen LogP) is 8.19. The lowest BCUT2D eigenvalue weighted by Gasteiger charge is -2.21. The van der Waals surface area contributed by atoms with Crippen LogP contribution in [0.25, 0.3) is 0 Å². The summed E-state index contributed by atoms with van der Waals surface area (Å²) < 4.78 is 10.9. The van der Waals surface area contributed by atoms with Gasteiger partial charge in [-0.3, -0.25) is 0 Å². The molecule has 0 aliphatic heterocycles. The van der Waals surface area contributed by atoms with E-state index in [1.807, 2.05) is 25.2 Å². The van der Waals surface area contributed by atoms with E-state index >= 15 is 0 Å². The molecule has 1 aliphatic carbocycles. The van der Waals surface area contributed by atoms with Crippen LogP contribution in [0.3, 0.4) is 0 Å². The van der Waals surface area contributed by atoms with Crippen LogP contribution in [0.15, 0.2) is 70.8 Å². The van der Waals surface area contributed by atoms with Crippen LogP contribution in [0.1, 0.15) is 98.8 Å². The van der Waals surface area contributed by atoms with Crippen molar-refractivity contribution in [2.45, 2.75) is 98.8 Å². The monoisotopic (exact) mass is 454 g/mol. The smallest absolute Gasteiger partial charge is 0.338 e. The van der Waals surface area contributed by atoms with Crippen LogP contribution in [-0.4, -0.2) is 11.9 Å². The predicted molar refractivity (Wildman–Crippen MR) is 136 cm³/mol. The van der Waals surface area contributed by atoms with Gasteiger partial charge >= 0.3 is 11.9 Å². The van der Waals surface area contributed by atoms with Crippen LogP contribution in [-0.2, 0) is 19.1 Å². The molecular formula is C29H42O4. The fraction of sp³-hybridized carbons (Fsp3) is 0.517. The van der Waals surface area contributed by atoms with Crippen molar-refractivity contribution in [2.75, 3.05) is 0 Å². The molecule has 4 heteroatoms. The van der Waals surface area contributed by atoms with Gasteiger partial charge in [0.15, 0.2) is 0 Å². The maximum absolute atomic E-state index is 12.0. The lowest BCUT2D eigenvalue weighted by Crippen LogP contribution is -2.09. The molecule has 0 saturated heterocycles. The molecule has 4 nitrogen and oxygen atoms in total. The Morgan fingerprint density at radius 3 is 2.15 bits per heavy atom. The molecule has 1 aliphatic rings. The Labute approximate surface area is 200 Å². The van der Waals surface area contributed by atoms with Crippen LogP contribution in [0.5, 0.6) is 0 Å². The van der Waals surface area contributed by atoms with Gasteiger partial charge in [0.25, 0.3) is 0 Å². The van der Waals surface area contributed by atoms with E-state index in [9.17, 15) is 9.59 Å². The minimum atomic E-state index is -0.401. The van der Waals surface area contributed by atoms with E-state index < -0.39 is 5.97 Å². The molecular weight excluding hydrogens is 412 g/mol. The molecule has 0 spiro atoms. The number of carbonyl (C=O) groups is 2. The number of unbranched alkanes of at least 4 members (excludes halogenated alkanes) is 5. The van der Waals surface area contributed by atoms with Gasteiger partial charge in [-0.1, -0.05) is 65.2 Å². The number of carbonyl (C=O) groups excluding carboxylic acids is 2. The standard InChI is InChI=1S/C29H42O4/c1-8-10-11-12-13-14-15-24-20-26(33-29(31)22(5)6)18-19-27(24)23(7)16-17-25(9-2)32-28(30)21(3)4/h16-17,20H,3,5,8-15,18-19H2,1-2,4,6-7H3/b23-16+,25-17+. The summed E-state index contributed by atoms with van der Waals surface area (Å²) in [6, 6.07) is 0. The van der Waals surface area contributed by atoms with Crippen LogP contribution < -0.4 is 0 Å². The molecule has 0 heterocycles. The second-order valence-electron chi connectivity index (χ2n) is 8.81. The van der Waals surface area contributed by atoms with Gasteiger partial charge in [-0.2, -0.15) is 0 Å². The third-order valence-electron chi connectivity index (χ3n) is 5.63. The highest BCUT2D eigenvalue weighted by atomic mass is 16.5. The lowest BCUT2D eigenvalue weighted by atomic mass is 9.88. The van der Waals surface area contributed by atoms with E-state index in [1.54, 1.807) is 13.8 Å². The first kappa shape index (κ1) is 28.4. The summed E-state index contributed by atoms with van der Waals surface area (Å²) in [6.07, 6.45) is 16.4. The second-order valence-corrected chi connectivity index (χ2v) is 8.81. The third kappa shape index (κ3) is 10.7. The van der Waals surface area contributed by atoms with Gasteiger partial charge in [0.05, 0.1) is 0 Å². The molecule has 182 valence electrons. The molecule has 0 aromatic rings. The summed E-state index contributed by atoms with van der Waals surface area (Å²) >= 11 is 0. The molecule has 0 atom stereocenters. The summed E-state index contributed by atoms with van der Waals surface area (Å²) in [7, 11) is 0. The maximum atomic E-state index is 12.0. The summed E-state index contributed by atoms with van der Waals surface area (Å²) in [5.41, 5.74) is 4.42. The van der Waals surface area contributed by atoms with Crippen LogP contribution >= 0.6 is 0 Å². The van der Waals surface area contributed by atoms with Crippen LogP contribution in [0, 0.1) is 0 Å². The fourth-order valence-corrected chi connectivity index (χ4v) is 3.57. The Bertz CT molecular complexity index is 849. The van der Waals surface area contributed by atoms with Gasteiger partial charge in [-0.05, 0) is 68.9 Å². The number of hydrogen-bond acceptors (Lipinski definition) is 4. The van der Waals surface area contributed by atoms with E-state index in [0.717, 1.165) is 24.8 Å². The van der Waals surface area contributed by atoms with Crippen molar-refractivity contribution < 1.29 is 19.1 Å². The summed E-state index contributed by atoms with van der Waals surface area (Å²) in [4.78, 5) is 23.8. The molecule has 0 saturated carbocycles. The van der Waals surface area contributed by atoms with Crippen molar-refractivity contribution in [1.29, 1.82) is 0 Å². The molecule has 0 N–H and O–H groups in total. The Kier molecular flexibility index (Phi) is 13.1. The largest absolute Gasteiger partial charge is 0.428 e. The van der Waals surface area contributed by atoms with E-state index in [1.165, 1.54) is 43.3 Å². The first-order chi connectivity index (χ1) is 15.7. The van der Waals surface area contributed by atoms with Crippen molar-refractivity contribution in [3.8, 4) is 0 Å². The van der Waals surface area contributed by atoms with Gasteiger partial charge in [-0.15, -0.1) is 0 Å². The fourth-order valence-electron chi connectivity index (χ4n) is 3.57. The molecule has 0 unspecified atom stereocenters. The Morgan fingerprint density at radius 1 is 0.909 bits per heavy atom. The van der Waals surface area contributed by atoms with E-state index in [0.29, 0.717) is 35.5 Å². The lowest BCUT2D eigenvalue weighted by molar-refractivity contribution is -0.136. The van der Waals surface area contributed by atoms with Crippen molar-refractivity contribution in [3.63, 3.8) is 0 Å². The van der Waals surface area contributed by atoms with Crippen LogP contribution in [0.2, 0.25) is 0 Å². The van der Waals surface area contributed by atoms with Crippen molar-refractivity contribution >= 4 is 11.9 Å². The SMILES string of the molecule is C=C(C)C(=O)OC1=CC(CCCCCCCC)=C(/C(C)=C/C=C(\CC)OC(=O)C(=C)C)CC1. The number of esters is 2. The minimum Gasteiger partial charge on any atom is -0.428 e. The zero-order valence-corrected chi connectivity index (χ0v) is 21.4. The Hall–Kier alpha value is -2.62. The number of allylic oxidation sites excluding steroid dienone is 8.